The smallest absolute Gasteiger partial charge is 0.272 e. The van der Waals surface area contributed by atoms with Crippen molar-refractivity contribution in [2.24, 2.45) is 0 Å². The van der Waals surface area contributed by atoms with E-state index in [-0.39, 0.29) is 11.6 Å². The fraction of sp³-hybridized carbons (Fsp3) is 0.0889. The molecule has 6 aromatic rings. The lowest BCUT2D eigenvalue weighted by Crippen LogP contribution is -2.30. The Morgan fingerprint density at radius 3 is 1.91 bits per heavy atom. The van der Waals surface area contributed by atoms with Gasteiger partial charge in [0, 0.05) is 21.8 Å². The van der Waals surface area contributed by atoms with Gasteiger partial charge in [-0.2, -0.15) is 0 Å². The quantitative estimate of drug-likeness (QED) is 0.0817. The number of rotatable bonds is 13. The number of hydrogen-bond acceptors (Lipinski definition) is 5. The van der Waals surface area contributed by atoms with E-state index < -0.39 is 17.1 Å². The average molecular weight is 718 g/mol. The summed E-state index contributed by atoms with van der Waals surface area (Å²) in [6, 6.07) is 48.8. The molecule has 1 atom stereocenters. The number of ether oxygens (including phenoxy) is 1. The van der Waals surface area contributed by atoms with Gasteiger partial charge < -0.3 is 20.7 Å². The highest BCUT2D eigenvalue weighted by Crippen LogP contribution is 2.37. The highest BCUT2D eigenvalue weighted by molar-refractivity contribution is 8.00. The van der Waals surface area contributed by atoms with Crippen LogP contribution >= 0.6 is 11.8 Å². The molecule has 0 fully saturated rings. The van der Waals surface area contributed by atoms with Gasteiger partial charge in [-0.05, 0) is 108 Å². The third kappa shape index (κ3) is 10.6. The molecular formula is C45H39N3O4S. The molecule has 0 aliphatic heterocycles. The molecular weight excluding hydrogens is 679 g/mol. The molecule has 0 heterocycles. The molecule has 0 spiro atoms. The molecule has 1 unspecified atom stereocenters. The summed E-state index contributed by atoms with van der Waals surface area (Å²) < 4.78 is 5.91. The predicted molar refractivity (Wildman–Crippen MR) is 214 cm³/mol. The molecule has 0 aliphatic rings. The van der Waals surface area contributed by atoms with E-state index in [9.17, 15) is 14.4 Å². The van der Waals surface area contributed by atoms with Gasteiger partial charge in [-0.3, -0.25) is 14.4 Å². The molecule has 3 N–H and O–H groups in total. The van der Waals surface area contributed by atoms with Crippen molar-refractivity contribution in [3.63, 3.8) is 0 Å². The van der Waals surface area contributed by atoms with Crippen molar-refractivity contribution >= 4 is 46.9 Å². The average Bonchev–Trinajstić information content (AvgIpc) is 3.17. The molecule has 0 bridgehead atoms. The Morgan fingerprint density at radius 1 is 0.660 bits per heavy atom. The van der Waals surface area contributed by atoms with Crippen LogP contribution in [0.1, 0.15) is 43.4 Å². The van der Waals surface area contributed by atoms with E-state index in [4.69, 9.17) is 4.74 Å². The standard InChI is InChI=1S/C45H39N3O4S/c1-31-26-32(2)28-38(27-31)47-45(51)42(35-14-8-4-9-15-35)53-40-24-20-37(21-25-40)46-44(50)41(48-43(49)36-16-10-5-11-17-36)29-33-18-22-39(23-19-33)52-30-34-12-6-3-7-13-34/h3-29,42H,30H2,1-2H3,(H,46,50)(H,47,51)(H,48,49)/b41-29-. The second kappa shape index (κ2) is 17.7. The first kappa shape index (κ1) is 36.4. The van der Waals surface area contributed by atoms with Crippen molar-refractivity contribution in [2.45, 2.75) is 30.6 Å². The van der Waals surface area contributed by atoms with Crippen molar-refractivity contribution in [3.05, 3.63) is 197 Å². The Hall–Kier alpha value is -6.38. The summed E-state index contributed by atoms with van der Waals surface area (Å²) in [7, 11) is 0. The zero-order valence-electron chi connectivity index (χ0n) is 29.4. The van der Waals surface area contributed by atoms with Crippen LogP contribution in [0.3, 0.4) is 0 Å². The van der Waals surface area contributed by atoms with Gasteiger partial charge in [0.15, 0.2) is 0 Å². The third-order valence-electron chi connectivity index (χ3n) is 8.16. The molecule has 6 aromatic carbocycles. The summed E-state index contributed by atoms with van der Waals surface area (Å²) in [4.78, 5) is 41.3. The Kier molecular flexibility index (Phi) is 12.2. The largest absolute Gasteiger partial charge is 0.489 e. The van der Waals surface area contributed by atoms with E-state index >= 15 is 0 Å². The Balaban J connectivity index is 1.17. The summed E-state index contributed by atoms with van der Waals surface area (Å²) >= 11 is 1.42. The SMILES string of the molecule is Cc1cc(C)cc(NC(=O)C(Sc2ccc(NC(=O)/C(=C/c3ccc(OCc4ccccc4)cc3)NC(=O)c3ccccc3)cc2)c2ccccc2)c1. The highest BCUT2D eigenvalue weighted by atomic mass is 32.2. The molecule has 0 aromatic heterocycles. The van der Waals surface area contributed by atoms with Gasteiger partial charge >= 0.3 is 0 Å². The second-order valence-corrected chi connectivity index (χ2v) is 13.7. The van der Waals surface area contributed by atoms with Gasteiger partial charge in [-0.25, -0.2) is 0 Å². The summed E-state index contributed by atoms with van der Waals surface area (Å²) in [5.41, 5.74) is 6.55. The Morgan fingerprint density at radius 2 is 1.26 bits per heavy atom. The fourth-order valence-electron chi connectivity index (χ4n) is 5.62. The number of thioether (sulfide) groups is 1. The molecule has 264 valence electrons. The van der Waals surface area contributed by atoms with Crippen LogP contribution in [-0.4, -0.2) is 17.7 Å². The molecule has 7 nitrogen and oxygen atoms in total. The molecule has 3 amide bonds. The number of anilines is 2. The lowest BCUT2D eigenvalue weighted by atomic mass is 10.1. The molecule has 0 saturated carbocycles. The Bertz CT molecular complexity index is 2170. The van der Waals surface area contributed by atoms with E-state index in [0.29, 0.717) is 29.2 Å². The lowest BCUT2D eigenvalue weighted by Gasteiger charge is -2.18. The van der Waals surface area contributed by atoms with E-state index in [2.05, 4.69) is 22.0 Å². The van der Waals surface area contributed by atoms with Crippen LogP contribution in [0.4, 0.5) is 11.4 Å². The number of carbonyl (C=O) groups excluding carboxylic acids is 3. The first-order valence-corrected chi connectivity index (χ1v) is 18.0. The van der Waals surface area contributed by atoms with Gasteiger partial charge in [0.05, 0.1) is 0 Å². The van der Waals surface area contributed by atoms with Crippen LogP contribution < -0.4 is 20.7 Å². The van der Waals surface area contributed by atoms with E-state index in [1.807, 2.05) is 129 Å². The van der Waals surface area contributed by atoms with Crippen LogP contribution in [0, 0.1) is 13.8 Å². The molecule has 0 radical (unpaired) electrons. The maximum Gasteiger partial charge on any atom is 0.272 e. The minimum Gasteiger partial charge on any atom is -0.489 e. The minimum absolute atomic E-state index is 0.0717. The maximum atomic E-state index is 13.7. The van der Waals surface area contributed by atoms with Crippen LogP contribution in [0.5, 0.6) is 5.75 Å². The lowest BCUT2D eigenvalue weighted by molar-refractivity contribution is -0.116. The van der Waals surface area contributed by atoms with Crippen molar-refractivity contribution in [2.75, 3.05) is 10.6 Å². The predicted octanol–water partition coefficient (Wildman–Crippen LogP) is 9.76. The second-order valence-electron chi connectivity index (χ2n) is 12.5. The van der Waals surface area contributed by atoms with Gasteiger partial charge in [0.1, 0.15) is 23.3 Å². The van der Waals surface area contributed by atoms with Crippen LogP contribution in [-0.2, 0) is 16.2 Å². The molecule has 53 heavy (non-hydrogen) atoms. The van der Waals surface area contributed by atoms with E-state index in [0.717, 1.165) is 32.8 Å². The van der Waals surface area contributed by atoms with Gasteiger partial charge in [-0.1, -0.05) is 97.1 Å². The molecule has 6 rings (SSSR count). The first-order chi connectivity index (χ1) is 25.8. The summed E-state index contributed by atoms with van der Waals surface area (Å²) in [6.45, 7) is 4.44. The topological polar surface area (TPSA) is 96.5 Å². The Labute approximate surface area is 314 Å². The molecule has 0 saturated heterocycles. The first-order valence-electron chi connectivity index (χ1n) is 17.2. The summed E-state index contributed by atoms with van der Waals surface area (Å²) in [5, 5.41) is 8.27. The number of nitrogens with one attached hydrogen (secondary N) is 3. The summed E-state index contributed by atoms with van der Waals surface area (Å²) in [6.07, 6.45) is 1.63. The van der Waals surface area contributed by atoms with Crippen molar-refractivity contribution in [1.82, 2.24) is 5.32 Å². The zero-order chi connectivity index (χ0) is 37.0. The third-order valence-corrected chi connectivity index (χ3v) is 9.43. The number of hydrogen-bond donors (Lipinski definition) is 3. The van der Waals surface area contributed by atoms with Gasteiger partial charge in [0.25, 0.3) is 11.8 Å². The molecule has 0 aliphatic carbocycles. The van der Waals surface area contributed by atoms with Crippen LogP contribution in [0.15, 0.2) is 168 Å². The summed E-state index contributed by atoms with van der Waals surface area (Å²) in [5.74, 6) is -0.356. The van der Waals surface area contributed by atoms with Gasteiger partial charge in [0.2, 0.25) is 5.91 Å². The monoisotopic (exact) mass is 717 g/mol. The van der Waals surface area contributed by atoms with Crippen molar-refractivity contribution < 1.29 is 19.1 Å². The van der Waals surface area contributed by atoms with E-state index in [1.165, 1.54) is 11.8 Å². The zero-order valence-corrected chi connectivity index (χ0v) is 30.2. The maximum absolute atomic E-state index is 13.7. The van der Waals surface area contributed by atoms with Crippen molar-refractivity contribution in [3.8, 4) is 5.75 Å². The van der Waals surface area contributed by atoms with Gasteiger partial charge in [-0.15, -0.1) is 11.8 Å². The number of amides is 3. The number of benzene rings is 6. The number of aryl methyl sites for hydroxylation is 2. The highest BCUT2D eigenvalue weighted by Gasteiger charge is 2.23. The van der Waals surface area contributed by atoms with Crippen LogP contribution in [0.2, 0.25) is 0 Å². The number of carbonyl (C=O) groups is 3. The minimum atomic E-state index is -0.518. The van der Waals surface area contributed by atoms with Crippen molar-refractivity contribution in [1.29, 1.82) is 0 Å². The normalized spacial score (nSPS) is 11.6. The fourth-order valence-corrected chi connectivity index (χ4v) is 6.64. The van der Waals surface area contributed by atoms with E-state index in [1.54, 1.807) is 42.5 Å². The van der Waals surface area contributed by atoms with Crippen LogP contribution in [0.25, 0.3) is 6.08 Å². The molecule has 8 heteroatoms.